The number of benzene rings is 2. The number of amides is 2. The average Bonchev–Trinajstić information content (AvgIpc) is 2.86. The van der Waals surface area contributed by atoms with Crippen LogP contribution in [-0.4, -0.2) is 63.3 Å². The van der Waals surface area contributed by atoms with E-state index >= 15 is 0 Å². The number of aryl methyl sites for hydroxylation is 1. The number of hydrogen-bond acceptors (Lipinski definition) is 6. The van der Waals surface area contributed by atoms with Crippen molar-refractivity contribution < 1.29 is 19.1 Å². The molecule has 1 atom stereocenters. The minimum Gasteiger partial charge on any atom is -0.494 e. The lowest BCUT2D eigenvalue weighted by molar-refractivity contribution is -0.136. The lowest BCUT2D eigenvalue weighted by Crippen LogP contribution is -2.52. The van der Waals surface area contributed by atoms with E-state index in [0.717, 1.165) is 31.7 Å². The number of rotatable bonds is 7. The van der Waals surface area contributed by atoms with Gasteiger partial charge in [-0.1, -0.05) is 30.3 Å². The van der Waals surface area contributed by atoms with E-state index in [-0.39, 0.29) is 6.03 Å². The number of nitrogens with zero attached hydrogens (tertiary/aromatic N) is 2. The second-order valence-corrected chi connectivity index (χ2v) is 8.87. The summed E-state index contributed by atoms with van der Waals surface area (Å²) in [5, 5.41) is 5.76. The summed E-state index contributed by atoms with van der Waals surface area (Å²) in [6.45, 7) is 10.5. The molecule has 1 fully saturated rings. The Morgan fingerprint density at radius 2 is 1.80 bits per heavy atom. The molecule has 0 bridgehead atoms. The number of carbonyl (C=O) groups excluding carboxylic acids is 2. The number of para-hydroxylation sites is 1. The number of hydrogen-bond donors (Lipinski definition) is 2. The maximum atomic E-state index is 12.9. The minimum absolute atomic E-state index is 0.349. The molecular weight excluding hydrogens is 444 g/mol. The molecule has 2 aromatic rings. The predicted octanol–water partition coefficient (Wildman–Crippen LogP) is 3.31. The van der Waals surface area contributed by atoms with Gasteiger partial charge in [-0.2, -0.15) is 0 Å². The minimum atomic E-state index is -0.662. The van der Waals surface area contributed by atoms with Crippen molar-refractivity contribution in [2.45, 2.75) is 26.8 Å². The quantitative estimate of drug-likeness (QED) is 0.594. The Bertz CT molecular complexity index is 1120. The molecule has 8 nitrogen and oxygen atoms in total. The van der Waals surface area contributed by atoms with Crippen molar-refractivity contribution in [3.8, 4) is 5.75 Å². The normalized spacial score (nSPS) is 18.7. The molecule has 186 valence electrons. The van der Waals surface area contributed by atoms with Gasteiger partial charge in [0.15, 0.2) is 0 Å². The summed E-state index contributed by atoms with van der Waals surface area (Å²) < 4.78 is 10.9. The fourth-order valence-electron chi connectivity index (χ4n) is 4.78. The lowest BCUT2D eigenvalue weighted by Gasteiger charge is -2.38. The molecule has 1 saturated heterocycles. The Morgan fingerprint density at radius 3 is 2.51 bits per heavy atom. The first-order chi connectivity index (χ1) is 16.9. The van der Waals surface area contributed by atoms with Crippen molar-refractivity contribution in [2.75, 3.05) is 51.3 Å². The molecule has 8 heteroatoms. The van der Waals surface area contributed by atoms with Gasteiger partial charge in [0.1, 0.15) is 5.75 Å². The van der Waals surface area contributed by atoms with Crippen LogP contribution in [0.2, 0.25) is 0 Å². The molecule has 2 N–H and O–H groups in total. The van der Waals surface area contributed by atoms with Crippen LogP contribution in [0.3, 0.4) is 0 Å². The summed E-state index contributed by atoms with van der Waals surface area (Å²) in [5.41, 5.74) is 5.55. The first-order valence-electron chi connectivity index (χ1n) is 12.1. The van der Waals surface area contributed by atoms with Gasteiger partial charge in [0.05, 0.1) is 25.3 Å². The molecule has 2 aromatic carbocycles. The molecule has 0 radical (unpaired) electrons. The highest BCUT2D eigenvalue weighted by Gasteiger charge is 2.36. The van der Waals surface area contributed by atoms with Crippen molar-refractivity contribution in [3.05, 3.63) is 70.4 Å². The van der Waals surface area contributed by atoms with Crippen molar-refractivity contribution in [1.82, 2.24) is 15.5 Å². The van der Waals surface area contributed by atoms with Crippen LogP contribution in [0.1, 0.15) is 29.7 Å². The fourth-order valence-corrected chi connectivity index (χ4v) is 4.78. The van der Waals surface area contributed by atoms with Crippen molar-refractivity contribution >= 4 is 17.7 Å². The monoisotopic (exact) mass is 478 g/mol. The van der Waals surface area contributed by atoms with Crippen LogP contribution in [0.4, 0.5) is 10.5 Å². The maximum absolute atomic E-state index is 12.9. The van der Waals surface area contributed by atoms with Crippen LogP contribution in [0.15, 0.2) is 53.7 Å². The second-order valence-electron chi connectivity index (χ2n) is 8.87. The van der Waals surface area contributed by atoms with E-state index in [4.69, 9.17) is 9.47 Å². The van der Waals surface area contributed by atoms with Gasteiger partial charge in [0, 0.05) is 49.7 Å². The summed E-state index contributed by atoms with van der Waals surface area (Å²) >= 11 is 0. The van der Waals surface area contributed by atoms with E-state index in [2.05, 4.69) is 52.5 Å². The molecule has 4 rings (SSSR count). The fraction of sp³-hybridized carbons (Fsp3) is 0.407. The maximum Gasteiger partial charge on any atom is 0.338 e. The molecule has 2 aliphatic rings. The van der Waals surface area contributed by atoms with E-state index < -0.39 is 12.0 Å². The third-order valence-electron chi connectivity index (χ3n) is 6.76. The van der Waals surface area contributed by atoms with E-state index in [1.807, 2.05) is 31.2 Å². The van der Waals surface area contributed by atoms with Gasteiger partial charge in [0.2, 0.25) is 0 Å². The molecule has 0 aromatic heterocycles. The molecule has 35 heavy (non-hydrogen) atoms. The second kappa shape index (κ2) is 10.8. The summed E-state index contributed by atoms with van der Waals surface area (Å²) in [6.07, 6.45) is 0. The van der Waals surface area contributed by atoms with E-state index in [1.165, 1.54) is 23.9 Å². The Balaban J connectivity index is 1.58. The molecule has 1 unspecified atom stereocenters. The van der Waals surface area contributed by atoms with Crippen molar-refractivity contribution in [1.29, 1.82) is 0 Å². The van der Waals surface area contributed by atoms with Crippen molar-refractivity contribution in [2.24, 2.45) is 0 Å². The predicted molar refractivity (Wildman–Crippen MR) is 136 cm³/mol. The Morgan fingerprint density at radius 1 is 1.06 bits per heavy atom. The first-order valence-corrected chi connectivity index (χ1v) is 12.1. The first kappa shape index (κ1) is 24.6. The molecular formula is C27H34N4O4. The molecule has 2 amide bonds. The van der Waals surface area contributed by atoms with Gasteiger partial charge >= 0.3 is 12.0 Å². The number of nitrogens with one attached hydrogen (secondary N) is 2. The number of urea groups is 1. The van der Waals surface area contributed by atoms with Crippen LogP contribution in [0, 0.1) is 13.8 Å². The van der Waals surface area contributed by atoms with Crippen LogP contribution in [-0.2, 0) is 9.53 Å². The lowest BCUT2D eigenvalue weighted by atomic mass is 9.94. The Kier molecular flexibility index (Phi) is 7.60. The average molecular weight is 479 g/mol. The molecule has 2 heterocycles. The molecule has 0 spiro atoms. The van der Waals surface area contributed by atoms with E-state index in [1.54, 1.807) is 0 Å². The largest absolute Gasteiger partial charge is 0.494 e. The standard InChI is InChI=1S/C27H34N4O4/c1-5-35-23-12-7-6-10-20(23)25-24(26(32)34-4)21(28-27(33)29-25)17-30-13-15-31(16-14-30)22-11-8-9-18(2)19(22)3/h6-12,25H,5,13-17H2,1-4H3,(H2,28,29,33). The molecule has 0 aliphatic carbocycles. The number of carbonyl (C=O) groups is 2. The Labute approximate surface area is 206 Å². The van der Waals surface area contributed by atoms with Gasteiger partial charge < -0.3 is 25.0 Å². The number of esters is 1. The van der Waals surface area contributed by atoms with Crippen LogP contribution < -0.4 is 20.3 Å². The highest BCUT2D eigenvalue weighted by atomic mass is 16.5. The third kappa shape index (κ3) is 5.27. The molecule has 0 saturated carbocycles. The topological polar surface area (TPSA) is 83.1 Å². The summed E-state index contributed by atoms with van der Waals surface area (Å²) in [6, 6.07) is 12.8. The van der Waals surface area contributed by atoms with Crippen LogP contribution in [0.25, 0.3) is 0 Å². The summed E-state index contributed by atoms with van der Waals surface area (Å²) in [7, 11) is 1.36. The van der Waals surface area contributed by atoms with Gasteiger partial charge in [-0.3, -0.25) is 4.90 Å². The zero-order valence-corrected chi connectivity index (χ0v) is 20.9. The number of anilines is 1. The Hall–Kier alpha value is -3.52. The smallest absolute Gasteiger partial charge is 0.338 e. The summed E-state index contributed by atoms with van der Waals surface area (Å²) in [4.78, 5) is 30.3. The van der Waals surface area contributed by atoms with Gasteiger partial charge in [-0.05, 0) is 44.0 Å². The van der Waals surface area contributed by atoms with E-state index in [0.29, 0.717) is 30.2 Å². The number of ether oxygens (including phenoxy) is 2. The highest BCUT2D eigenvalue weighted by molar-refractivity contribution is 5.95. The SMILES string of the molecule is CCOc1ccccc1C1NC(=O)NC(CN2CCN(c3cccc(C)c3C)CC2)=C1C(=O)OC. The van der Waals surface area contributed by atoms with Gasteiger partial charge in [0.25, 0.3) is 0 Å². The van der Waals surface area contributed by atoms with Crippen LogP contribution in [0.5, 0.6) is 5.75 Å². The zero-order chi connectivity index (χ0) is 24.9. The molecule has 2 aliphatic heterocycles. The van der Waals surface area contributed by atoms with Crippen LogP contribution >= 0.6 is 0 Å². The summed E-state index contributed by atoms with van der Waals surface area (Å²) in [5.74, 6) is 0.155. The van der Waals surface area contributed by atoms with Gasteiger partial charge in [-0.15, -0.1) is 0 Å². The third-order valence-corrected chi connectivity index (χ3v) is 6.76. The number of piperazine rings is 1. The van der Waals surface area contributed by atoms with Gasteiger partial charge in [-0.25, -0.2) is 9.59 Å². The van der Waals surface area contributed by atoms with Crippen molar-refractivity contribution in [3.63, 3.8) is 0 Å². The number of methoxy groups -OCH3 is 1. The van der Waals surface area contributed by atoms with E-state index in [9.17, 15) is 9.59 Å². The highest BCUT2D eigenvalue weighted by Crippen LogP contribution is 2.34. The zero-order valence-electron chi connectivity index (χ0n) is 20.9.